The summed E-state index contributed by atoms with van der Waals surface area (Å²) in [7, 11) is 0. The van der Waals surface area contributed by atoms with Gasteiger partial charge in [0.05, 0.1) is 17.6 Å². The highest BCUT2D eigenvalue weighted by Gasteiger charge is 2.27. The van der Waals surface area contributed by atoms with Crippen LogP contribution < -0.4 is 11.1 Å². The Kier molecular flexibility index (Phi) is 8.23. The monoisotopic (exact) mass is 362 g/mol. The molecular weight excluding hydrogens is 342 g/mol. The van der Waals surface area contributed by atoms with Gasteiger partial charge in [-0.05, 0) is 31.5 Å². The minimum absolute atomic E-state index is 0. The second-order valence-electron chi connectivity index (χ2n) is 5.26. The molecule has 1 unspecified atom stereocenters. The van der Waals surface area contributed by atoms with Gasteiger partial charge in [0.2, 0.25) is 5.91 Å². The summed E-state index contributed by atoms with van der Waals surface area (Å²) >= 11 is 0. The number of nitrogens with one attached hydrogen (secondary N) is 1. The van der Waals surface area contributed by atoms with Crippen LogP contribution in [0.5, 0.6) is 0 Å². The molecule has 0 aliphatic rings. The van der Waals surface area contributed by atoms with Crippen LogP contribution in [0.4, 0.5) is 10.1 Å². The summed E-state index contributed by atoms with van der Waals surface area (Å²) in [6, 6.07) is 4.49. The van der Waals surface area contributed by atoms with Gasteiger partial charge in [-0.2, -0.15) is 0 Å². The second kappa shape index (κ2) is 8.86. The molecule has 0 saturated heterocycles. The first-order valence-corrected chi connectivity index (χ1v) is 6.82. The summed E-state index contributed by atoms with van der Waals surface area (Å²) in [4.78, 5) is 15.9. The number of carbonyl (C=O) groups is 1. The Morgan fingerprint density at radius 2 is 2.13 bits per heavy atom. The first kappa shape index (κ1) is 21.4. The SMILES string of the molecule is CCCC(C)(N)C(=O)Nc1ccc(-n2ccnc2)c(F)c1.Cl.Cl. The van der Waals surface area contributed by atoms with Gasteiger partial charge < -0.3 is 15.6 Å². The van der Waals surface area contributed by atoms with E-state index >= 15 is 0 Å². The maximum absolute atomic E-state index is 14.1. The molecule has 128 valence electrons. The quantitative estimate of drug-likeness (QED) is 0.856. The molecule has 0 aliphatic carbocycles. The summed E-state index contributed by atoms with van der Waals surface area (Å²) in [6.07, 6.45) is 6.09. The number of rotatable bonds is 5. The standard InChI is InChI=1S/C15H19FN4O.2ClH/c1-3-6-15(2,17)14(21)19-11-4-5-13(12(16)9-11)20-8-7-18-10-20;;/h4-5,7-10H,3,6,17H2,1-2H3,(H,19,21);2*1H. The average molecular weight is 363 g/mol. The fourth-order valence-electron chi connectivity index (χ4n) is 2.10. The first-order valence-electron chi connectivity index (χ1n) is 6.82. The van der Waals surface area contributed by atoms with Crippen LogP contribution in [-0.4, -0.2) is 21.0 Å². The molecule has 8 heteroatoms. The Morgan fingerprint density at radius 3 is 2.65 bits per heavy atom. The third-order valence-corrected chi connectivity index (χ3v) is 3.28. The van der Waals surface area contributed by atoms with Crippen molar-refractivity contribution >= 4 is 36.4 Å². The van der Waals surface area contributed by atoms with Crippen LogP contribution in [0, 0.1) is 5.82 Å². The molecule has 0 aliphatic heterocycles. The Morgan fingerprint density at radius 1 is 1.43 bits per heavy atom. The van der Waals surface area contributed by atoms with E-state index in [4.69, 9.17) is 5.73 Å². The van der Waals surface area contributed by atoms with Gasteiger partial charge in [-0.15, -0.1) is 24.8 Å². The van der Waals surface area contributed by atoms with Crippen LogP contribution in [0.25, 0.3) is 5.69 Å². The van der Waals surface area contributed by atoms with Gasteiger partial charge in [-0.25, -0.2) is 9.37 Å². The molecule has 0 saturated carbocycles. The van der Waals surface area contributed by atoms with Gasteiger partial charge in [-0.3, -0.25) is 4.79 Å². The van der Waals surface area contributed by atoms with Gasteiger partial charge in [-0.1, -0.05) is 13.3 Å². The lowest BCUT2D eigenvalue weighted by atomic mass is 9.96. The molecule has 1 heterocycles. The van der Waals surface area contributed by atoms with Crippen molar-refractivity contribution in [2.24, 2.45) is 5.73 Å². The van der Waals surface area contributed by atoms with Crippen molar-refractivity contribution in [3.8, 4) is 5.69 Å². The molecule has 0 bridgehead atoms. The molecule has 0 fully saturated rings. The molecule has 3 N–H and O–H groups in total. The zero-order valence-electron chi connectivity index (χ0n) is 13.0. The van der Waals surface area contributed by atoms with Crippen LogP contribution in [0.1, 0.15) is 26.7 Å². The molecular formula is C15H21Cl2FN4O. The summed E-state index contributed by atoms with van der Waals surface area (Å²) in [5, 5.41) is 2.65. The van der Waals surface area contributed by atoms with Crippen molar-refractivity contribution in [3.63, 3.8) is 0 Å². The number of hydrogen-bond acceptors (Lipinski definition) is 3. The largest absolute Gasteiger partial charge is 0.324 e. The number of anilines is 1. The Balaban J connectivity index is 0.00000242. The van der Waals surface area contributed by atoms with Crippen molar-refractivity contribution in [2.75, 3.05) is 5.32 Å². The van der Waals surface area contributed by atoms with E-state index in [1.54, 1.807) is 36.0 Å². The molecule has 2 rings (SSSR count). The van der Waals surface area contributed by atoms with Crippen molar-refractivity contribution in [3.05, 3.63) is 42.7 Å². The van der Waals surface area contributed by atoms with Crippen LogP contribution in [-0.2, 0) is 4.79 Å². The normalized spacial score (nSPS) is 12.5. The van der Waals surface area contributed by atoms with E-state index in [-0.39, 0.29) is 30.7 Å². The molecule has 0 radical (unpaired) electrons. The van der Waals surface area contributed by atoms with E-state index in [0.29, 0.717) is 17.8 Å². The van der Waals surface area contributed by atoms with Gasteiger partial charge in [0.15, 0.2) is 0 Å². The van der Waals surface area contributed by atoms with Crippen molar-refractivity contribution < 1.29 is 9.18 Å². The van der Waals surface area contributed by atoms with Crippen molar-refractivity contribution in [2.45, 2.75) is 32.2 Å². The van der Waals surface area contributed by atoms with E-state index in [1.165, 1.54) is 12.4 Å². The molecule has 0 spiro atoms. The second-order valence-corrected chi connectivity index (χ2v) is 5.26. The lowest BCUT2D eigenvalue weighted by Crippen LogP contribution is -2.48. The number of halogens is 3. The van der Waals surface area contributed by atoms with Crippen LogP contribution in [0.15, 0.2) is 36.9 Å². The summed E-state index contributed by atoms with van der Waals surface area (Å²) in [6.45, 7) is 3.63. The summed E-state index contributed by atoms with van der Waals surface area (Å²) in [5.41, 5.74) is 5.73. The predicted octanol–water partition coefficient (Wildman–Crippen LogP) is 3.31. The summed E-state index contributed by atoms with van der Waals surface area (Å²) in [5.74, 6) is -0.765. The number of aromatic nitrogens is 2. The zero-order valence-corrected chi connectivity index (χ0v) is 14.6. The first-order chi connectivity index (χ1) is 9.94. The number of carbonyl (C=O) groups excluding carboxylic acids is 1. The number of nitrogens with zero attached hydrogens (tertiary/aromatic N) is 2. The maximum Gasteiger partial charge on any atom is 0.244 e. The van der Waals surface area contributed by atoms with E-state index in [0.717, 1.165) is 6.42 Å². The predicted molar refractivity (Wildman–Crippen MR) is 94.1 cm³/mol. The molecule has 1 amide bonds. The van der Waals surface area contributed by atoms with Crippen LogP contribution in [0.3, 0.4) is 0 Å². The van der Waals surface area contributed by atoms with Gasteiger partial charge >= 0.3 is 0 Å². The zero-order chi connectivity index (χ0) is 15.5. The van der Waals surface area contributed by atoms with E-state index in [1.807, 2.05) is 6.92 Å². The number of hydrogen-bond donors (Lipinski definition) is 2. The Labute approximate surface area is 147 Å². The van der Waals surface area contributed by atoms with Gasteiger partial charge in [0.1, 0.15) is 5.82 Å². The fourth-order valence-corrected chi connectivity index (χ4v) is 2.10. The topological polar surface area (TPSA) is 72.9 Å². The third kappa shape index (κ3) is 5.20. The molecule has 23 heavy (non-hydrogen) atoms. The average Bonchev–Trinajstić information content (AvgIpc) is 2.92. The third-order valence-electron chi connectivity index (χ3n) is 3.28. The minimum Gasteiger partial charge on any atom is -0.324 e. The molecule has 1 aromatic heterocycles. The van der Waals surface area contributed by atoms with E-state index in [9.17, 15) is 9.18 Å². The number of nitrogens with two attached hydrogens (primary N) is 1. The molecule has 1 atom stereocenters. The lowest BCUT2D eigenvalue weighted by molar-refractivity contribution is -0.120. The van der Waals surface area contributed by atoms with E-state index in [2.05, 4.69) is 10.3 Å². The number of amides is 1. The summed E-state index contributed by atoms with van der Waals surface area (Å²) < 4.78 is 15.6. The molecule has 5 nitrogen and oxygen atoms in total. The Hall–Kier alpha value is -1.63. The minimum atomic E-state index is -0.964. The van der Waals surface area contributed by atoms with Gasteiger partial charge in [0.25, 0.3) is 0 Å². The highest BCUT2D eigenvalue weighted by molar-refractivity contribution is 5.97. The van der Waals surface area contributed by atoms with Crippen LogP contribution in [0.2, 0.25) is 0 Å². The van der Waals surface area contributed by atoms with Gasteiger partial charge in [0, 0.05) is 18.1 Å². The fraction of sp³-hybridized carbons (Fsp3) is 0.333. The molecule has 1 aromatic carbocycles. The van der Waals surface area contributed by atoms with Crippen LogP contribution >= 0.6 is 24.8 Å². The van der Waals surface area contributed by atoms with E-state index < -0.39 is 11.4 Å². The highest BCUT2D eigenvalue weighted by Crippen LogP contribution is 2.19. The highest BCUT2D eigenvalue weighted by atomic mass is 35.5. The Bertz CT molecular complexity index is 632. The maximum atomic E-state index is 14.1. The molecule has 2 aromatic rings. The van der Waals surface area contributed by atoms with Crippen molar-refractivity contribution in [1.29, 1.82) is 0 Å². The lowest BCUT2D eigenvalue weighted by Gasteiger charge is -2.23. The number of benzene rings is 1. The van der Waals surface area contributed by atoms with Crippen molar-refractivity contribution in [1.82, 2.24) is 9.55 Å². The number of imidazole rings is 1. The smallest absolute Gasteiger partial charge is 0.244 e.